The highest BCUT2D eigenvalue weighted by Gasteiger charge is 2.46. The van der Waals surface area contributed by atoms with E-state index in [-0.39, 0.29) is 11.3 Å². The summed E-state index contributed by atoms with van der Waals surface area (Å²) in [6.07, 6.45) is 0. The van der Waals surface area contributed by atoms with Gasteiger partial charge in [0.2, 0.25) is 0 Å². The lowest BCUT2D eigenvalue weighted by atomic mass is 9.94. The summed E-state index contributed by atoms with van der Waals surface area (Å²) in [4.78, 5) is 29.2. The number of methoxy groups -OCH3 is 1. The van der Waals surface area contributed by atoms with Gasteiger partial charge in [0.25, 0.3) is 11.7 Å². The van der Waals surface area contributed by atoms with Crippen LogP contribution in [-0.2, 0) is 9.59 Å². The monoisotopic (exact) mass is 398 g/mol. The van der Waals surface area contributed by atoms with E-state index in [0.29, 0.717) is 35.8 Å². The number of carbonyl (C=O) groups is 2. The lowest BCUT2D eigenvalue weighted by Gasteiger charge is -2.26. The van der Waals surface area contributed by atoms with Crippen molar-refractivity contribution in [2.24, 2.45) is 0 Å². The summed E-state index contributed by atoms with van der Waals surface area (Å²) in [5, 5.41) is 18.0. The molecule has 8 heteroatoms. The van der Waals surface area contributed by atoms with E-state index in [4.69, 9.17) is 4.74 Å². The minimum absolute atomic E-state index is 0.0755. The van der Waals surface area contributed by atoms with Crippen LogP contribution in [0.15, 0.2) is 29.8 Å². The molecule has 1 aromatic heterocycles. The fourth-order valence-corrected chi connectivity index (χ4v) is 3.59. The number of nitrogens with zero attached hydrogens (tertiary/aromatic N) is 3. The number of H-pyrrole nitrogens is 1. The first kappa shape index (κ1) is 20.6. The molecule has 2 aromatic rings. The van der Waals surface area contributed by atoms with Gasteiger partial charge in [0.1, 0.15) is 11.5 Å². The third-order valence-corrected chi connectivity index (χ3v) is 5.12. The summed E-state index contributed by atoms with van der Waals surface area (Å²) < 4.78 is 5.22. The van der Waals surface area contributed by atoms with E-state index >= 15 is 0 Å². The van der Waals surface area contributed by atoms with Gasteiger partial charge in [0, 0.05) is 18.8 Å². The highest BCUT2D eigenvalue weighted by molar-refractivity contribution is 6.46. The van der Waals surface area contributed by atoms with E-state index in [1.165, 1.54) is 4.90 Å². The average Bonchev–Trinajstić information content (AvgIpc) is 3.16. The van der Waals surface area contributed by atoms with Gasteiger partial charge < -0.3 is 19.6 Å². The predicted octanol–water partition coefficient (Wildman–Crippen LogP) is 2.02. The number of aromatic amines is 1. The summed E-state index contributed by atoms with van der Waals surface area (Å²) >= 11 is 0. The van der Waals surface area contributed by atoms with E-state index in [0.717, 1.165) is 5.56 Å². The van der Waals surface area contributed by atoms with Crippen LogP contribution < -0.4 is 4.74 Å². The first-order valence-corrected chi connectivity index (χ1v) is 9.35. The van der Waals surface area contributed by atoms with Crippen LogP contribution in [0.25, 0.3) is 5.76 Å². The van der Waals surface area contributed by atoms with Gasteiger partial charge in [-0.3, -0.25) is 14.7 Å². The SMILES string of the molecule is COc1ccc(C2C(=C(O)c3c(C)n[nH]c3C)C(=O)C(=O)N2CCN(C)C)cc1. The van der Waals surface area contributed by atoms with Gasteiger partial charge in [-0.15, -0.1) is 0 Å². The maximum absolute atomic E-state index is 12.9. The number of aliphatic hydroxyl groups is 1. The number of hydrogen-bond donors (Lipinski definition) is 2. The Morgan fingerprint density at radius 1 is 1.24 bits per heavy atom. The highest BCUT2D eigenvalue weighted by Crippen LogP contribution is 2.40. The van der Waals surface area contributed by atoms with Crippen LogP contribution in [0.4, 0.5) is 0 Å². The second-order valence-electron chi connectivity index (χ2n) is 7.38. The molecule has 29 heavy (non-hydrogen) atoms. The second kappa shape index (κ2) is 8.08. The Morgan fingerprint density at radius 3 is 2.41 bits per heavy atom. The predicted molar refractivity (Wildman–Crippen MR) is 109 cm³/mol. The van der Waals surface area contributed by atoms with Crippen molar-refractivity contribution in [1.29, 1.82) is 0 Å². The van der Waals surface area contributed by atoms with E-state index in [9.17, 15) is 14.7 Å². The van der Waals surface area contributed by atoms with Crippen molar-refractivity contribution in [2.75, 3.05) is 34.3 Å². The standard InChI is InChI=1S/C21H26N4O4/c1-12-16(13(2)23-22-12)19(26)17-18(14-6-8-15(29-5)9-7-14)25(11-10-24(3)4)21(28)20(17)27/h6-9,18,26H,10-11H2,1-5H3,(H,22,23). The van der Waals surface area contributed by atoms with Crippen molar-refractivity contribution >= 4 is 17.4 Å². The molecule has 1 aromatic carbocycles. The van der Waals surface area contributed by atoms with Crippen LogP contribution in [0.5, 0.6) is 5.75 Å². The number of ether oxygens (including phenoxy) is 1. The summed E-state index contributed by atoms with van der Waals surface area (Å²) in [7, 11) is 5.37. The molecule has 8 nitrogen and oxygen atoms in total. The molecule has 1 atom stereocenters. The second-order valence-corrected chi connectivity index (χ2v) is 7.38. The quantitative estimate of drug-likeness (QED) is 0.439. The van der Waals surface area contributed by atoms with Gasteiger partial charge >= 0.3 is 0 Å². The molecule has 2 heterocycles. The normalized spacial score (nSPS) is 18.7. The molecule has 0 spiro atoms. The zero-order chi connectivity index (χ0) is 21.3. The molecule has 2 N–H and O–H groups in total. The maximum atomic E-state index is 12.9. The molecule has 0 bridgehead atoms. The smallest absolute Gasteiger partial charge is 0.295 e. The number of aliphatic hydroxyl groups excluding tert-OH is 1. The first-order valence-electron chi connectivity index (χ1n) is 9.35. The number of nitrogens with one attached hydrogen (secondary N) is 1. The molecule has 3 rings (SSSR count). The number of rotatable bonds is 6. The molecule has 1 aliphatic rings. The summed E-state index contributed by atoms with van der Waals surface area (Å²) in [6.45, 7) is 4.44. The number of aromatic nitrogens is 2. The molecule has 0 radical (unpaired) electrons. The molecule has 1 amide bonds. The van der Waals surface area contributed by atoms with Crippen LogP contribution in [0.1, 0.15) is 28.6 Å². The number of ketones is 1. The zero-order valence-corrected chi connectivity index (χ0v) is 17.3. The zero-order valence-electron chi connectivity index (χ0n) is 17.3. The highest BCUT2D eigenvalue weighted by atomic mass is 16.5. The van der Waals surface area contributed by atoms with Crippen molar-refractivity contribution in [3.8, 4) is 5.75 Å². The maximum Gasteiger partial charge on any atom is 0.295 e. The van der Waals surface area contributed by atoms with Gasteiger partial charge in [0.05, 0.1) is 30.0 Å². The molecule has 154 valence electrons. The van der Waals surface area contributed by atoms with Crippen molar-refractivity contribution in [1.82, 2.24) is 20.0 Å². The third-order valence-electron chi connectivity index (χ3n) is 5.12. The summed E-state index contributed by atoms with van der Waals surface area (Å²) in [5.41, 5.74) is 2.45. The summed E-state index contributed by atoms with van der Waals surface area (Å²) in [6, 6.07) is 6.47. The molecule has 1 saturated heterocycles. The lowest BCUT2D eigenvalue weighted by molar-refractivity contribution is -0.140. The average molecular weight is 398 g/mol. The van der Waals surface area contributed by atoms with Gasteiger partial charge in [-0.05, 0) is 45.6 Å². The number of likely N-dealkylation sites (N-methyl/N-ethyl adjacent to an activating group) is 1. The van der Waals surface area contributed by atoms with E-state index in [1.807, 2.05) is 19.0 Å². The van der Waals surface area contributed by atoms with Crippen LogP contribution in [0.3, 0.4) is 0 Å². The Balaban J connectivity index is 2.17. The summed E-state index contributed by atoms with van der Waals surface area (Å²) in [5.74, 6) is -0.851. The number of aryl methyl sites for hydroxylation is 2. The number of amides is 1. The molecule has 1 unspecified atom stereocenters. The number of benzene rings is 1. The van der Waals surface area contributed by atoms with Crippen molar-refractivity contribution in [3.63, 3.8) is 0 Å². The number of likely N-dealkylation sites (tertiary alicyclic amines) is 1. The van der Waals surface area contributed by atoms with E-state index in [2.05, 4.69) is 10.2 Å². The first-order chi connectivity index (χ1) is 13.8. The van der Waals surface area contributed by atoms with Gasteiger partial charge in [-0.1, -0.05) is 12.1 Å². The van der Waals surface area contributed by atoms with Crippen LogP contribution in [-0.4, -0.2) is 71.1 Å². The lowest BCUT2D eigenvalue weighted by Crippen LogP contribution is -2.35. The minimum atomic E-state index is -0.693. The number of carbonyl (C=O) groups excluding carboxylic acids is 2. The topological polar surface area (TPSA) is 98.8 Å². The molecule has 0 saturated carbocycles. The van der Waals surface area contributed by atoms with Gasteiger partial charge in [-0.25, -0.2) is 0 Å². The van der Waals surface area contributed by atoms with Crippen molar-refractivity contribution in [2.45, 2.75) is 19.9 Å². The van der Waals surface area contributed by atoms with E-state index < -0.39 is 17.7 Å². The molecule has 1 fully saturated rings. The van der Waals surface area contributed by atoms with Crippen LogP contribution in [0, 0.1) is 13.8 Å². The van der Waals surface area contributed by atoms with Crippen molar-refractivity contribution in [3.05, 3.63) is 52.4 Å². The van der Waals surface area contributed by atoms with E-state index in [1.54, 1.807) is 45.2 Å². The Hall–Kier alpha value is -3.13. The number of hydrogen-bond acceptors (Lipinski definition) is 6. The largest absolute Gasteiger partial charge is 0.507 e. The Bertz CT molecular complexity index is 940. The minimum Gasteiger partial charge on any atom is -0.507 e. The molecule has 0 aliphatic carbocycles. The van der Waals surface area contributed by atoms with Crippen molar-refractivity contribution < 1.29 is 19.4 Å². The van der Waals surface area contributed by atoms with Gasteiger partial charge in [0.15, 0.2) is 0 Å². The molecular weight excluding hydrogens is 372 g/mol. The Morgan fingerprint density at radius 2 is 1.90 bits per heavy atom. The number of Topliss-reactive ketones (excluding diaryl/α,β-unsaturated/α-hetero) is 1. The Kier molecular flexibility index (Phi) is 5.74. The fraction of sp³-hybridized carbons (Fsp3) is 0.381. The van der Waals surface area contributed by atoms with Crippen LogP contribution >= 0.6 is 0 Å². The fourth-order valence-electron chi connectivity index (χ4n) is 3.59. The Labute approximate surface area is 169 Å². The van der Waals surface area contributed by atoms with Crippen LogP contribution in [0.2, 0.25) is 0 Å². The molecular formula is C21H26N4O4. The van der Waals surface area contributed by atoms with Gasteiger partial charge in [-0.2, -0.15) is 5.10 Å². The third kappa shape index (κ3) is 3.75. The molecule has 1 aliphatic heterocycles.